The van der Waals surface area contributed by atoms with Crippen LogP contribution in [-0.2, 0) is 10.2 Å². The van der Waals surface area contributed by atoms with Crippen molar-refractivity contribution >= 4 is 10.2 Å². The molecule has 1 N–H and O–H groups in total. The molecule has 0 saturated heterocycles. The third kappa shape index (κ3) is 5.63. The van der Waals surface area contributed by atoms with Crippen LogP contribution < -0.4 is 5.32 Å². The summed E-state index contributed by atoms with van der Waals surface area (Å²) in [6, 6.07) is 0. The smallest absolute Gasteiger partial charge is 0.281 e. The first-order valence-corrected chi connectivity index (χ1v) is 7.43. The quantitative estimate of drug-likeness (QED) is 0.465. The predicted octanol–water partition coefficient (Wildman–Crippen LogP) is 0.671. The highest BCUT2D eigenvalue weighted by Crippen LogP contribution is 2.06. The van der Waals surface area contributed by atoms with E-state index in [0.717, 1.165) is 19.5 Å². The molecule has 0 spiro atoms. The molecule has 0 heterocycles. The number of nitrogens with one attached hydrogen (secondary N) is 1. The monoisotopic (exact) mass is 263 g/mol. The molecule has 6 heteroatoms. The van der Waals surface area contributed by atoms with Gasteiger partial charge in [0.15, 0.2) is 0 Å². The van der Waals surface area contributed by atoms with Crippen molar-refractivity contribution in [2.75, 3.05) is 39.8 Å². The second-order valence-corrected chi connectivity index (χ2v) is 5.81. The van der Waals surface area contributed by atoms with Gasteiger partial charge >= 0.3 is 0 Å². The molecule has 0 aromatic rings. The molecule has 0 atom stereocenters. The van der Waals surface area contributed by atoms with E-state index in [9.17, 15) is 8.42 Å². The third-order valence-electron chi connectivity index (χ3n) is 2.48. The first-order chi connectivity index (χ1) is 8.00. The topological polar surface area (TPSA) is 52.7 Å². The molecule has 17 heavy (non-hydrogen) atoms. The molecule has 0 fully saturated rings. The van der Waals surface area contributed by atoms with E-state index in [-0.39, 0.29) is 0 Å². The van der Waals surface area contributed by atoms with Gasteiger partial charge in [-0.15, -0.1) is 6.58 Å². The summed E-state index contributed by atoms with van der Waals surface area (Å²) in [5.74, 6) is 0. The summed E-state index contributed by atoms with van der Waals surface area (Å²) in [6.45, 7) is 10.5. The molecule has 0 saturated carbocycles. The van der Waals surface area contributed by atoms with Crippen molar-refractivity contribution < 1.29 is 8.42 Å². The molecule has 0 radical (unpaired) electrons. The van der Waals surface area contributed by atoms with Crippen molar-refractivity contribution in [1.82, 2.24) is 13.9 Å². The summed E-state index contributed by atoms with van der Waals surface area (Å²) in [5.41, 5.74) is 0. The van der Waals surface area contributed by atoms with Gasteiger partial charge in [0.2, 0.25) is 0 Å². The normalized spacial score (nSPS) is 12.3. The van der Waals surface area contributed by atoms with Crippen LogP contribution in [0.4, 0.5) is 0 Å². The van der Waals surface area contributed by atoms with E-state index in [2.05, 4.69) is 11.9 Å². The molecule has 5 nitrogen and oxygen atoms in total. The Bertz CT molecular complexity index is 304. The van der Waals surface area contributed by atoms with E-state index in [1.807, 2.05) is 13.8 Å². The van der Waals surface area contributed by atoms with Gasteiger partial charge in [0.05, 0.1) is 0 Å². The second-order valence-electron chi connectivity index (χ2n) is 3.78. The van der Waals surface area contributed by atoms with Gasteiger partial charge in [0.1, 0.15) is 0 Å². The van der Waals surface area contributed by atoms with Gasteiger partial charge in [0.25, 0.3) is 10.2 Å². The zero-order valence-electron chi connectivity index (χ0n) is 11.1. The number of hydrogen-bond donors (Lipinski definition) is 1. The summed E-state index contributed by atoms with van der Waals surface area (Å²) >= 11 is 0. The Labute approximate surface area is 106 Å². The van der Waals surface area contributed by atoms with Crippen molar-refractivity contribution in [3.63, 3.8) is 0 Å². The fourth-order valence-corrected chi connectivity index (χ4v) is 2.82. The SMILES string of the molecule is C=CCN(CC)S(=O)(=O)N(C)CCCNCC. The van der Waals surface area contributed by atoms with Gasteiger partial charge in [-0.05, 0) is 19.5 Å². The number of rotatable bonds is 10. The largest absolute Gasteiger partial charge is 0.317 e. The highest BCUT2D eigenvalue weighted by Gasteiger charge is 2.23. The molecule has 0 unspecified atom stereocenters. The van der Waals surface area contributed by atoms with Crippen molar-refractivity contribution in [3.05, 3.63) is 12.7 Å². The van der Waals surface area contributed by atoms with Crippen molar-refractivity contribution in [3.8, 4) is 0 Å². The Hall–Kier alpha value is -0.430. The molecule has 0 aliphatic heterocycles. The van der Waals surface area contributed by atoms with Crippen molar-refractivity contribution in [2.24, 2.45) is 0 Å². The Kier molecular flexibility index (Phi) is 8.41. The summed E-state index contributed by atoms with van der Waals surface area (Å²) < 4.78 is 27.0. The minimum Gasteiger partial charge on any atom is -0.317 e. The molecule has 102 valence electrons. The Morgan fingerprint density at radius 2 is 2.00 bits per heavy atom. The van der Waals surface area contributed by atoms with E-state index < -0.39 is 10.2 Å². The highest BCUT2D eigenvalue weighted by molar-refractivity contribution is 7.86. The molecule has 0 rings (SSSR count). The Morgan fingerprint density at radius 1 is 1.35 bits per heavy atom. The fraction of sp³-hybridized carbons (Fsp3) is 0.818. The van der Waals surface area contributed by atoms with Gasteiger partial charge in [-0.25, -0.2) is 0 Å². The lowest BCUT2D eigenvalue weighted by Crippen LogP contribution is -2.42. The van der Waals surface area contributed by atoms with E-state index in [1.165, 1.54) is 8.61 Å². The summed E-state index contributed by atoms with van der Waals surface area (Å²) in [7, 11) is -1.71. The molecule has 0 aliphatic rings. The minimum absolute atomic E-state index is 0.358. The molecule has 0 aliphatic carbocycles. The van der Waals surface area contributed by atoms with Crippen LogP contribution in [0.1, 0.15) is 20.3 Å². The van der Waals surface area contributed by atoms with Crippen LogP contribution in [0.5, 0.6) is 0 Å². The predicted molar refractivity (Wildman–Crippen MR) is 72.2 cm³/mol. The number of nitrogens with zero attached hydrogens (tertiary/aromatic N) is 2. The fourth-order valence-electron chi connectivity index (χ4n) is 1.45. The maximum Gasteiger partial charge on any atom is 0.281 e. The lowest BCUT2D eigenvalue weighted by atomic mass is 10.4. The summed E-state index contributed by atoms with van der Waals surface area (Å²) in [4.78, 5) is 0. The van der Waals surface area contributed by atoms with E-state index in [1.54, 1.807) is 13.1 Å². The van der Waals surface area contributed by atoms with Gasteiger partial charge in [-0.2, -0.15) is 17.0 Å². The van der Waals surface area contributed by atoms with Crippen LogP contribution in [0.3, 0.4) is 0 Å². The van der Waals surface area contributed by atoms with Gasteiger partial charge < -0.3 is 5.32 Å². The van der Waals surface area contributed by atoms with Crippen LogP contribution >= 0.6 is 0 Å². The van der Waals surface area contributed by atoms with Gasteiger partial charge in [-0.3, -0.25) is 0 Å². The van der Waals surface area contributed by atoms with Crippen LogP contribution in [0.2, 0.25) is 0 Å². The molecule has 0 aromatic heterocycles. The van der Waals surface area contributed by atoms with Gasteiger partial charge in [-0.1, -0.05) is 19.9 Å². The summed E-state index contributed by atoms with van der Waals surface area (Å²) in [5, 5.41) is 3.17. The maximum absolute atomic E-state index is 12.1. The first kappa shape index (κ1) is 16.6. The highest BCUT2D eigenvalue weighted by atomic mass is 32.2. The number of likely N-dealkylation sites (N-methyl/N-ethyl adjacent to an activating group) is 1. The first-order valence-electron chi connectivity index (χ1n) is 6.03. The lowest BCUT2D eigenvalue weighted by molar-refractivity contribution is 0.381. The maximum atomic E-state index is 12.1. The zero-order valence-corrected chi connectivity index (χ0v) is 12.0. The second kappa shape index (κ2) is 8.63. The number of hydrogen-bond acceptors (Lipinski definition) is 3. The zero-order chi connectivity index (χ0) is 13.3. The Morgan fingerprint density at radius 3 is 2.47 bits per heavy atom. The molecule has 0 bridgehead atoms. The van der Waals surface area contributed by atoms with E-state index >= 15 is 0 Å². The molecule has 0 amide bonds. The standard InChI is InChI=1S/C11H25N3O2S/c1-5-10-14(7-3)17(15,16)13(4)11-8-9-12-6-2/h5,12H,1,6-11H2,2-4H3. The molecular formula is C11H25N3O2S. The Balaban J connectivity index is 4.31. The average molecular weight is 263 g/mol. The minimum atomic E-state index is -3.33. The van der Waals surface area contributed by atoms with Gasteiger partial charge in [0, 0.05) is 26.7 Å². The van der Waals surface area contributed by atoms with Crippen LogP contribution in [0.25, 0.3) is 0 Å². The van der Waals surface area contributed by atoms with Crippen LogP contribution in [0.15, 0.2) is 12.7 Å². The van der Waals surface area contributed by atoms with Crippen molar-refractivity contribution in [2.45, 2.75) is 20.3 Å². The van der Waals surface area contributed by atoms with Crippen molar-refractivity contribution in [1.29, 1.82) is 0 Å². The van der Waals surface area contributed by atoms with Crippen LogP contribution in [-0.4, -0.2) is 56.8 Å². The van der Waals surface area contributed by atoms with E-state index in [0.29, 0.717) is 19.6 Å². The summed E-state index contributed by atoms with van der Waals surface area (Å²) in [6.07, 6.45) is 2.42. The van der Waals surface area contributed by atoms with E-state index in [4.69, 9.17) is 0 Å². The lowest BCUT2D eigenvalue weighted by Gasteiger charge is -2.25. The average Bonchev–Trinajstić information content (AvgIpc) is 2.30. The van der Waals surface area contributed by atoms with Crippen LogP contribution in [0, 0.1) is 0 Å². The molecule has 0 aromatic carbocycles. The molecular weight excluding hydrogens is 238 g/mol. The third-order valence-corrected chi connectivity index (χ3v) is 4.51.